The first-order chi connectivity index (χ1) is 10.7. The molecule has 1 aromatic carbocycles. The van der Waals surface area contributed by atoms with Gasteiger partial charge in [0.2, 0.25) is 0 Å². The van der Waals surface area contributed by atoms with Crippen LogP contribution in [-0.4, -0.2) is 22.7 Å². The van der Waals surface area contributed by atoms with Crippen molar-refractivity contribution in [3.63, 3.8) is 0 Å². The van der Waals surface area contributed by atoms with E-state index < -0.39 is 0 Å². The lowest BCUT2D eigenvalue weighted by atomic mass is 10.0. The van der Waals surface area contributed by atoms with Crippen molar-refractivity contribution >= 4 is 11.8 Å². The predicted molar refractivity (Wildman–Crippen MR) is 86.6 cm³/mol. The van der Waals surface area contributed by atoms with E-state index >= 15 is 0 Å². The van der Waals surface area contributed by atoms with E-state index in [9.17, 15) is 4.79 Å². The van der Waals surface area contributed by atoms with Crippen LogP contribution in [0.4, 0.5) is 10.6 Å². The maximum Gasteiger partial charge on any atom is 0.320 e. The molecule has 22 heavy (non-hydrogen) atoms. The van der Waals surface area contributed by atoms with Gasteiger partial charge in [-0.2, -0.15) is 0 Å². The Bertz CT molecular complexity index is 585. The molecule has 0 fully saturated rings. The van der Waals surface area contributed by atoms with Gasteiger partial charge in [0.25, 0.3) is 0 Å². The number of aryl methyl sites for hydroxylation is 1. The molecular weight excluding hydrogens is 278 g/mol. The lowest BCUT2D eigenvalue weighted by Gasteiger charge is -2.19. The van der Waals surface area contributed by atoms with Crippen LogP contribution < -0.4 is 10.6 Å². The number of nitrogens with zero attached hydrogens (tertiary/aromatic N) is 1. The first-order valence-electron chi connectivity index (χ1n) is 7.35. The molecule has 1 heterocycles. The summed E-state index contributed by atoms with van der Waals surface area (Å²) in [4.78, 5) is 16.3. The van der Waals surface area contributed by atoms with Crippen LogP contribution in [0.3, 0.4) is 0 Å². The summed E-state index contributed by atoms with van der Waals surface area (Å²) in [6.07, 6.45) is 3.01. The number of carbonyl (C=O) groups excluding carboxylic acids is 1. The molecule has 5 nitrogen and oxygen atoms in total. The fourth-order valence-electron chi connectivity index (χ4n) is 2.16. The Kier molecular flexibility index (Phi) is 5.91. The summed E-state index contributed by atoms with van der Waals surface area (Å²) in [5.74, 6) is 0.511. The van der Waals surface area contributed by atoms with E-state index in [4.69, 9.17) is 5.11 Å². The molecule has 2 amide bonds. The summed E-state index contributed by atoms with van der Waals surface area (Å²) in [7, 11) is 0. The average Bonchev–Trinajstić information content (AvgIpc) is 2.54. The molecule has 1 atom stereocenters. The van der Waals surface area contributed by atoms with Crippen LogP contribution in [0.2, 0.25) is 0 Å². The zero-order valence-electron chi connectivity index (χ0n) is 12.6. The normalized spacial score (nSPS) is 11.7. The zero-order valence-corrected chi connectivity index (χ0v) is 12.6. The van der Waals surface area contributed by atoms with Crippen molar-refractivity contribution in [1.82, 2.24) is 10.3 Å². The highest BCUT2D eigenvalue weighted by Gasteiger charge is 2.14. The lowest BCUT2D eigenvalue weighted by molar-refractivity contribution is 0.243. The van der Waals surface area contributed by atoms with Crippen LogP contribution in [0, 0.1) is 6.92 Å². The number of hydrogen-bond acceptors (Lipinski definition) is 3. The molecule has 0 radical (unpaired) electrons. The third kappa shape index (κ3) is 4.86. The van der Waals surface area contributed by atoms with Crippen molar-refractivity contribution < 1.29 is 9.90 Å². The number of aliphatic hydroxyl groups excluding tert-OH is 1. The van der Waals surface area contributed by atoms with Crippen LogP contribution in [-0.2, 0) is 0 Å². The fourth-order valence-corrected chi connectivity index (χ4v) is 2.16. The van der Waals surface area contributed by atoms with Crippen molar-refractivity contribution in [2.45, 2.75) is 25.8 Å². The van der Waals surface area contributed by atoms with Gasteiger partial charge in [-0.3, -0.25) is 5.32 Å². The molecule has 0 aliphatic rings. The monoisotopic (exact) mass is 299 g/mol. The van der Waals surface area contributed by atoms with Crippen molar-refractivity contribution in [2.24, 2.45) is 0 Å². The third-order valence-corrected chi connectivity index (χ3v) is 3.31. The molecule has 0 aliphatic heterocycles. The van der Waals surface area contributed by atoms with Gasteiger partial charge in [-0.05, 0) is 37.0 Å². The average molecular weight is 299 g/mol. The molecule has 0 bridgehead atoms. The van der Waals surface area contributed by atoms with Gasteiger partial charge in [0.05, 0.1) is 6.04 Å². The molecule has 0 aliphatic carbocycles. The number of amides is 2. The van der Waals surface area contributed by atoms with E-state index in [-0.39, 0.29) is 18.7 Å². The van der Waals surface area contributed by atoms with E-state index in [2.05, 4.69) is 15.6 Å². The van der Waals surface area contributed by atoms with Gasteiger partial charge in [-0.1, -0.05) is 36.4 Å². The van der Waals surface area contributed by atoms with Crippen LogP contribution in [0.15, 0.2) is 48.7 Å². The summed E-state index contributed by atoms with van der Waals surface area (Å²) in [5.41, 5.74) is 2.05. The van der Waals surface area contributed by atoms with Gasteiger partial charge in [-0.25, -0.2) is 9.78 Å². The van der Waals surface area contributed by atoms with Gasteiger partial charge in [0.15, 0.2) is 0 Å². The third-order valence-electron chi connectivity index (χ3n) is 3.31. The number of anilines is 1. The molecule has 2 aromatic rings. The number of rotatable bonds is 6. The minimum absolute atomic E-state index is 0.103. The van der Waals surface area contributed by atoms with Crippen molar-refractivity contribution in [3.8, 4) is 0 Å². The van der Waals surface area contributed by atoms with E-state index in [0.29, 0.717) is 18.7 Å². The van der Waals surface area contributed by atoms with Gasteiger partial charge in [-0.15, -0.1) is 0 Å². The quantitative estimate of drug-likeness (QED) is 0.767. The molecule has 0 spiro atoms. The zero-order chi connectivity index (χ0) is 15.8. The maximum absolute atomic E-state index is 12.1. The minimum atomic E-state index is -0.303. The molecule has 1 aromatic heterocycles. The summed E-state index contributed by atoms with van der Waals surface area (Å²) in [6, 6.07) is 12.9. The first kappa shape index (κ1) is 16.0. The van der Waals surface area contributed by atoms with E-state index in [1.807, 2.05) is 43.3 Å². The molecule has 1 unspecified atom stereocenters. The highest BCUT2D eigenvalue weighted by molar-refractivity contribution is 5.88. The van der Waals surface area contributed by atoms with E-state index in [1.165, 1.54) is 0 Å². The number of carbonyl (C=O) groups is 1. The predicted octanol–water partition coefficient (Wildman–Crippen LogP) is 3.03. The second kappa shape index (κ2) is 8.14. The Morgan fingerprint density at radius 3 is 2.64 bits per heavy atom. The summed E-state index contributed by atoms with van der Waals surface area (Å²) < 4.78 is 0. The lowest BCUT2D eigenvalue weighted by Crippen LogP contribution is -2.33. The highest BCUT2D eigenvalue weighted by Crippen LogP contribution is 2.18. The van der Waals surface area contributed by atoms with Crippen LogP contribution >= 0.6 is 0 Å². The smallest absolute Gasteiger partial charge is 0.320 e. The van der Waals surface area contributed by atoms with Crippen LogP contribution in [0.5, 0.6) is 0 Å². The Morgan fingerprint density at radius 2 is 2.00 bits per heavy atom. The number of hydrogen-bond donors (Lipinski definition) is 3. The van der Waals surface area contributed by atoms with Gasteiger partial charge in [0, 0.05) is 12.8 Å². The molecular formula is C17H21N3O2. The number of benzene rings is 1. The second-order valence-corrected chi connectivity index (χ2v) is 5.15. The standard InChI is InChI=1S/C17H21N3O2/c1-13-9-10-16(18-12-13)20-17(22)19-15(8-5-11-21)14-6-3-2-4-7-14/h2-4,6-7,9-10,12,15,21H,5,8,11H2,1H3,(H2,18,19,20,22). The Balaban J connectivity index is 2.00. The summed E-state index contributed by atoms with van der Waals surface area (Å²) in [5, 5.41) is 14.7. The molecule has 2 rings (SSSR count). The Labute approximate surface area is 130 Å². The van der Waals surface area contributed by atoms with Gasteiger partial charge < -0.3 is 10.4 Å². The van der Waals surface area contributed by atoms with Gasteiger partial charge >= 0.3 is 6.03 Å². The number of urea groups is 1. The second-order valence-electron chi connectivity index (χ2n) is 5.15. The molecule has 0 saturated carbocycles. The summed E-state index contributed by atoms with van der Waals surface area (Å²) in [6.45, 7) is 2.04. The number of aliphatic hydroxyl groups is 1. The topological polar surface area (TPSA) is 74.2 Å². The fraction of sp³-hybridized carbons (Fsp3) is 0.294. The SMILES string of the molecule is Cc1ccc(NC(=O)NC(CCCO)c2ccccc2)nc1. The Hall–Kier alpha value is -2.40. The number of aromatic nitrogens is 1. The first-order valence-corrected chi connectivity index (χ1v) is 7.35. The van der Waals surface area contributed by atoms with Crippen molar-refractivity contribution in [3.05, 3.63) is 59.8 Å². The molecule has 116 valence electrons. The molecule has 5 heteroatoms. The van der Waals surface area contributed by atoms with E-state index in [0.717, 1.165) is 11.1 Å². The number of nitrogens with one attached hydrogen (secondary N) is 2. The van der Waals surface area contributed by atoms with Crippen LogP contribution in [0.25, 0.3) is 0 Å². The largest absolute Gasteiger partial charge is 0.396 e. The van der Waals surface area contributed by atoms with Gasteiger partial charge in [0.1, 0.15) is 5.82 Å². The molecule has 0 saturated heterocycles. The van der Waals surface area contributed by atoms with Crippen molar-refractivity contribution in [2.75, 3.05) is 11.9 Å². The van der Waals surface area contributed by atoms with E-state index in [1.54, 1.807) is 12.3 Å². The van der Waals surface area contributed by atoms with Crippen LogP contribution in [0.1, 0.15) is 30.0 Å². The molecule has 3 N–H and O–H groups in total. The maximum atomic E-state index is 12.1. The number of pyridine rings is 1. The van der Waals surface area contributed by atoms with Crippen molar-refractivity contribution in [1.29, 1.82) is 0 Å². The summed E-state index contributed by atoms with van der Waals surface area (Å²) >= 11 is 0. The Morgan fingerprint density at radius 1 is 1.23 bits per heavy atom. The minimum Gasteiger partial charge on any atom is -0.396 e. The highest BCUT2D eigenvalue weighted by atomic mass is 16.3.